The predicted molar refractivity (Wildman–Crippen MR) is 70.2 cm³/mol. The average Bonchev–Trinajstić information content (AvgIpc) is 2.71. The van der Waals surface area contributed by atoms with E-state index in [0.717, 1.165) is 25.5 Å². The van der Waals surface area contributed by atoms with Gasteiger partial charge in [-0.25, -0.2) is 0 Å². The van der Waals surface area contributed by atoms with Crippen molar-refractivity contribution in [2.45, 2.75) is 45.3 Å². The summed E-state index contributed by atoms with van der Waals surface area (Å²) in [6, 6.07) is 0.363. The number of aromatic nitrogens is 3. The Morgan fingerprint density at radius 1 is 1.50 bits per heavy atom. The Kier molecular flexibility index (Phi) is 4.72. The van der Waals surface area contributed by atoms with Crippen LogP contribution in [0.15, 0.2) is 6.20 Å². The lowest BCUT2D eigenvalue weighted by molar-refractivity contribution is -0.0293. The van der Waals surface area contributed by atoms with Crippen LogP contribution in [-0.4, -0.2) is 34.2 Å². The zero-order valence-corrected chi connectivity index (χ0v) is 11.6. The maximum absolute atomic E-state index is 5.61. The Morgan fingerprint density at radius 3 is 2.83 bits per heavy atom. The lowest BCUT2D eigenvalue weighted by Crippen LogP contribution is -2.35. The lowest BCUT2D eigenvalue weighted by atomic mass is 9.77. The highest BCUT2D eigenvalue weighted by atomic mass is 16.5. The van der Waals surface area contributed by atoms with Crippen LogP contribution < -0.4 is 5.32 Å². The molecule has 1 aromatic heterocycles. The van der Waals surface area contributed by atoms with Gasteiger partial charge in [0.1, 0.15) is 0 Å². The molecule has 0 aromatic carbocycles. The maximum Gasteiger partial charge on any atom is 0.0753 e. The largest absolute Gasteiger partial charge is 0.378 e. The lowest BCUT2D eigenvalue weighted by Gasteiger charge is -2.37. The van der Waals surface area contributed by atoms with Gasteiger partial charge in [0.25, 0.3) is 0 Å². The molecule has 18 heavy (non-hydrogen) atoms. The maximum atomic E-state index is 5.61. The molecule has 1 heterocycles. The molecule has 2 rings (SSSR count). The van der Waals surface area contributed by atoms with Crippen molar-refractivity contribution in [2.75, 3.05) is 13.2 Å². The predicted octanol–water partition coefficient (Wildman–Crippen LogP) is 1.67. The second-order valence-corrected chi connectivity index (χ2v) is 5.04. The number of ether oxygens (including phenoxy) is 1. The molecule has 0 spiro atoms. The van der Waals surface area contributed by atoms with Crippen molar-refractivity contribution in [3.63, 3.8) is 0 Å². The first-order chi connectivity index (χ1) is 8.74. The molecular weight excluding hydrogens is 228 g/mol. The van der Waals surface area contributed by atoms with Crippen LogP contribution in [0.3, 0.4) is 0 Å². The van der Waals surface area contributed by atoms with Crippen molar-refractivity contribution in [3.8, 4) is 0 Å². The first kappa shape index (κ1) is 13.5. The number of aryl methyl sites for hydroxylation is 1. The molecule has 1 fully saturated rings. The quantitative estimate of drug-likeness (QED) is 0.802. The molecule has 0 saturated heterocycles. The first-order valence-corrected chi connectivity index (χ1v) is 6.94. The third kappa shape index (κ3) is 3.09. The van der Waals surface area contributed by atoms with Crippen molar-refractivity contribution in [3.05, 3.63) is 11.9 Å². The summed E-state index contributed by atoms with van der Waals surface area (Å²) in [7, 11) is 1.95. The fraction of sp³-hybridized carbons (Fsp3) is 0.846. The highest BCUT2D eigenvalue weighted by Crippen LogP contribution is 2.36. The first-order valence-electron chi connectivity index (χ1n) is 6.94. The third-order valence-electron chi connectivity index (χ3n) is 3.72. The smallest absolute Gasteiger partial charge is 0.0753 e. The third-order valence-corrected chi connectivity index (χ3v) is 3.72. The second-order valence-electron chi connectivity index (χ2n) is 5.04. The summed E-state index contributed by atoms with van der Waals surface area (Å²) in [4.78, 5) is 0. The fourth-order valence-electron chi connectivity index (χ4n) is 2.74. The van der Waals surface area contributed by atoms with Crippen molar-refractivity contribution >= 4 is 0 Å². The molecule has 5 heteroatoms. The summed E-state index contributed by atoms with van der Waals surface area (Å²) in [5.41, 5.74) is 1.18. The molecule has 102 valence electrons. The van der Waals surface area contributed by atoms with E-state index in [1.165, 1.54) is 18.5 Å². The van der Waals surface area contributed by atoms with Crippen LogP contribution in [0.25, 0.3) is 0 Å². The average molecular weight is 252 g/mol. The number of rotatable bonds is 7. The molecule has 1 aliphatic rings. The second kappa shape index (κ2) is 6.29. The van der Waals surface area contributed by atoms with Crippen LogP contribution in [0.2, 0.25) is 0 Å². The highest BCUT2D eigenvalue weighted by Gasteiger charge is 2.32. The number of hydrogen-bond acceptors (Lipinski definition) is 4. The monoisotopic (exact) mass is 252 g/mol. The van der Waals surface area contributed by atoms with Crippen molar-refractivity contribution in [1.29, 1.82) is 0 Å². The summed E-state index contributed by atoms with van der Waals surface area (Å²) in [6.07, 6.45) is 5.90. The summed E-state index contributed by atoms with van der Waals surface area (Å²) < 4.78 is 7.48. The van der Waals surface area contributed by atoms with E-state index in [4.69, 9.17) is 4.74 Å². The fourth-order valence-corrected chi connectivity index (χ4v) is 2.74. The van der Waals surface area contributed by atoms with E-state index in [9.17, 15) is 0 Å². The minimum absolute atomic E-state index is 0.363. The van der Waals surface area contributed by atoms with Gasteiger partial charge in [0.15, 0.2) is 0 Å². The molecule has 0 aliphatic heterocycles. The van der Waals surface area contributed by atoms with Crippen molar-refractivity contribution in [1.82, 2.24) is 20.3 Å². The molecule has 1 atom stereocenters. The molecule has 5 nitrogen and oxygen atoms in total. The van der Waals surface area contributed by atoms with Gasteiger partial charge in [-0.2, -0.15) is 0 Å². The molecule has 1 saturated carbocycles. The van der Waals surface area contributed by atoms with E-state index >= 15 is 0 Å². The Hall–Kier alpha value is -0.940. The topological polar surface area (TPSA) is 52.0 Å². The van der Waals surface area contributed by atoms with Gasteiger partial charge in [-0.1, -0.05) is 12.1 Å². The van der Waals surface area contributed by atoms with Crippen LogP contribution in [-0.2, 0) is 11.8 Å². The molecule has 1 N–H and O–H groups in total. The molecule has 1 unspecified atom stereocenters. The minimum atomic E-state index is 0.363. The van der Waals surface area contributed by atoms with E-state index in [-0.39, 0.29) is 0 Å². The molecule has 1 aliphatic carbocycles. The zero-order valence-electron chi connectivity index (χ0n) is 11.6. The van der Waals surface area contributed by atoms with Gasteiger partial charge in [0.05, 0.1) is 24.0 Å². The number of nitrogens with one attached hydrogen (secondary N) is 1. The summed E-state index contributed by atoms with van der Waals surface area (Å²) >= 11 is 0. The van der Waals surface area contributed by atoms with Crippen molar-refractivity contribution in [2.24, 2.45) is 13.0 Å². The molecule has 0 bridgehead atoms. The normalized spacial score (nSPS) is 24.8. The van der Waals surface area contributed by atoms with Gasteiger partial charge < -0.3 is 10.1 Å². The SMILES string of the molecule is CCNC(CC1CC(OCC)C1)c1cnnn1C. The summed E-state index contributed by atoms with van der Waals surface area (Å²) in [5.74, 6) is 0.764. The number of nitrogens with zero attached hydrogens (tertiary/aromatic N) is 3. The van der Waals surface area contributed by atoms with Crippen LogP contribution >= 0.6 is 0 Å². The zero-order chi connectivity index (χ0) is 13.0. The molecule has 1 aromatic rings. The minimum Gasteiger partial charge on any atom is -0.378 e. The Bertz CT molecular complexity index is 360. The van der Waals surface area contributed by atoms with Gasteiger partial charge in [0, 0.05) is 13.7 Å². The van der Waals surface area contributed by atoms with Crippen LogP contribution in [0.4, 0.5) is 0 Å². The van der Waals surface area contributed by atoms with E-state index in [0.29, 0.717) is 12.1 Å². The van der Waals surface area contributed by atoms with E-state index < -0.39 is 0 Å². The van der Waals surface area contributed by atoms with Crippen LogP contribution in [0, 0.1) is 5.92 Å². The number of hydrogen-bond donors (Lipinski definition) is 1. The van der Waals surface area contributed by atoms with Gasteiger partial charge in [-0.15, -0.1) is 5.10 Å². The van der Waals surface area contributed by atoms with Gasteiger partial charge in [0.2, 0.25) is 0 Å². The van der Waals surface area contributed by atoms with Gasteiger partial charge in [-0.05, 0) is 38.6 Å². The Balaban J connectivity index is 1.87. The van der Waals surface area contributed by atoms with E-state index in [1.54, 1.807) is 0 Å². The Labute approximate surface area is 109 Å². The Morgan fingerprint density at radius 2 is 2.28 bits per heavy atom. The molecule has 0 radical (unpaired) electrons. The standard InChI is InChI=1S/C13H24N4O/c1-4-14-12(13-9-15-16-17(13)3)8-10-6-11(7-10)18-5-2/h9-12,14H,4-8H2,1-3H3. The summed E-state index contributed by atoms with van der Waals surface area (Å²) in [5, 5.41) is 11.5. The molecule has 0 amide bonds. The van der Waals surface area contributed by atoms with Gasteiger partial charge in [-0.3, -0.25) is 4.68 Å². The van der Waals surface area contributed by atoms with Crippen LogP contribution in [0.1, 0.15) is 44.8 Å². The van der Waals surface area contributed by atoms with Gasteiger partial charge >= 0.3 is 0 Å². The van der Waals surface area contributed by atoms with Crippen molar-refractivity contribution < 1.29 is 4.74 Å². The van der Waals surface area contributed by atoms with E-state index in [2.05, 4.69) is 29.5 Å². The summed E-state index contributed by atoms with van der Waals surface area (Å²) in [6.45, 7) is 6.01. The van der Waals surface area contributed by atoms with E-state index in [1.807, 2.05) is 17.9 Å². The van der Waals surface area contributed by atoms with Crippen LogP contribution in [0.5, 0.6) is 0 Å². The molecular formula is C13H24N4O. The highest BCUT2D eigenvalue weighted by molar-refractivity contribution is 5.03.